The zero-order valence-electron chi connectivity index (χ0n) is 14.6. The minimum Gasteiger partial charge on any atom is -0.507 e. The molecule has 7 heteroatoms. The Kier molecular flexibility index (Phi) is 5.64. The van der Waals surface area contributed by atoms with E-state index < -0.39 is 5.91 Å². The third-order valence-corrected chi connectivity index (χ3v) is 3.59. The van der Waals surface area contributed by atoms with Gasteiger partial charge in [0.1, 0.15) is 5.75 Å². The molecule has 0 aliphatic heterocycles. The number of phenolic OH excluding ortho intramolecular Hbond substituents is 1. The molecule has 0 fully saturated rings. The SMILES string of the molecule is Cc1ccc(C(=O)N/N=C/c2cc(N=Nc3ccccc3)ccc2O)cn1. The van der Waals surface area contributed by atoms with Crippen molar-refractivity contribution in [1.29, 1.82) is 0 Å². The van der Waals surface area contributed by atoms with Gasteiger partial charge in [0.2, 0.25) is 0 Å². The second-order valence-corrected chi connectivity index (χ2v) is 5.67. The lowest BCUT2D eigenvalue weighted by molar-refractivity contribution is 0.0954. The van der Waals surface area contributed by atoms with Crippen LogP contribution in [0.4, 0.5) is 11.4 Å². The quantitative estimate of drug-likeness (QED) is 0.404. The summed E-state index contributed by atoms with van der Waals surface area (Å²) in [5.41, 5.74) is 5.29. The minimum atomic E-state index is -0.391. The van der Waals surface area contributed by atoms with Crippen molar-refractivity contribution >= 4 is 23.5 Å². The van der Waals surface area contributed by atoms with Gasteiger partial charge in [0.05, 0.1) is 23.2 Å². The van der Waals surface area contributed by atoms with Crippen molar-refractivity contribution in [2.24, 2.45) is 15.3 Å². The van der Waals surface area contributed by atoms with E-state index in [9.17, 15) is 9.90 Å². The van der Waals surface area contributed by atoms with Gasteiger partial charge < -0.3 is 5.11 Å². The number of carbonyl (C=O) groups is 1. The van der Waals surface area contributed by atoms with Crippen LogP contribution in [0, 0.1) is 6.92 Å². The van der Waals surface area contributed by atoms with Crippen molar-refractivity contribution in [3.05, 3.63) is 83.7 Å². The second kappa shape index (κ2) is 8.48. The van der Waals surface area contributed by atoms with Gasteiger partial charge in [0, 0.05) is 17.5 Å². The minimum absolute atomic E-state index is 0.0173. The van der Waals surface area contributed by atoms with Crippen LogP contribution in [0.5, 0.6) is 5.75 Å². The summed E-state index contributed by atoms with van der Waals surface area (Å²) in [5, 5.41) is 22.1. The largest absolute Gasteiger partial charge is 0.507 e. The van der Waals surface area contributed by atoms with E-state index >= 15 is 0 Å². The third-order valence-electron chi connectivity index (χ3n) is 3.59. The highest BCUT2D eigenvalue weighted by atomic mass is 16.3. The molecular formula is C20H17N5O2. The summed E-state index contributed by atoms with van der Waals surface area (Å²) in [6.07, 6.45) is 2.82. The molecule has 0 saturated heterocycles. The summed E-state index contributed by atoms with van der Waals surface area (Å²) in [4.78, 5) is 16.1. The number of azo groups is 1. The number of pyridine rings is 1. The molecule has 2 N–H and O–H groups in total. The molecule has 0 bridgehead atoms. The first-order valence-electron chi connectivity index (χ1n) is 8.18. The van der Waals surface area contributed by atoms with Gasteiger partial charge in [-0.2, -0.15) is 15.3 Å². The van der Waals surface area contributed by atoms with Gasteiger partial charge in [0.25, 0.3) is 5.91 Å². The van der Waals surface area contributed by atoms with Crippen molar-refractivity contribution < 1.29 is 9.90 Å². The molecule has 0 aliphatic rings. The predicted octanol–water partition coefficient (Wildman–Crippen LogP) is 4.27. The number of amides is 1. The number of nitrogens with zero attached hydrogens (tertiary/aromatic N) is 4. The summed E-state index contributed by atoms with van der Waals surface area (Å²) < 4.78 is 0. The zero-order chi connectivity index (χ0) is 19.1. The number of hydrazone groups is 1. The lowest BCUT2D eigenvalue weighted by atomic mass is 10.2. The van der Waals surface area contributed by atoms with E-state index in [1.165, 1.54) is 18.5 Å². The maximum atomic E-state index is 12.0. The average Bonchev–Trinajstić information content (AvgIpc) is 2.69. The van der Waals surface area contributed by atoms with Crippen molar-refractivity contribution in [3.63, 3.8) is 0 Å². The highest BCUT2D eigenvalue weighted by Crippen LogP contribution is 2.23. The molecule has 0 atom stereocenters. The van der Waals surface area contributed by atoms with Gasteiger partial charge >= 0.3 is 0 Å². The smallest absolute Gasteiger partial charge is 0.272 e. The molecule has 27 heavy (non-hydrogen) atoms. The number of hydrogen-bond donors (Lipinski definition) is 2. The molecule has 3 rings (SSSR count). The molecule has 0 radical (unpaired) electrons. The van der Waals surface area contributed by atoms with Gasteiger partial charge in [-0.3, -0.25) is 9.78 Å². The maximum Gasteiger partial charge on any atom is 0.272 e. The second-order valence-electron chi connectivity index (χ2n) is 5.67. The molecule has 0 aliphatic carbocycles. The number of nitrogens with one attached hydrogen (secondary N) is 1. The summed E-state index contributed by atoms with van der Waals surface area (Å²) in [6, 6.07) is 17.5. The highest BCUT2D eigenvalue weighted by Gasteiger charge is 2.04. The molecule has 2 aromatic carbocycles. The van der Waals surface area contributed by atoms with E-state index in [1.54, 1.807) is 24.3 Å². The Labute approximate surface area is 156 Å². The monoisotopic (exact) mass is 359 g/mol. The fourth-order valence-electron chi connectivity index (χ4n) is 2.14. The Hall–Kier alpha value is -3.87. The van der Waals surface area contributed by atoms with Crippen LogP contribution in [-0.2, 0) is 0 Å². The van der Waals surface area contributed by atoms with Crippen molar-refractivity contribution in [2.45, 2.75) is 6.92 Å². The number of rotatable bonds is 5. The normalized spacial score (nSPS) is 11.1. The lowest BCUT2D eigenvalue weighted by Gasteiger charge is -2.02. The van der Waals surface area contributed by atoms with E-state index in [0.29, 0.717) is 16.8 Å². The van der Waals surface area contributed by atoms with Gasteiger partial charge in [-0.15, -0.1) is 0 Å². The van der Waals surface area contributed by atoms with Crippen LogP contribution in [0.3, 0.4) is 0 Å². The van der Waals surface area contributed by atoms with Crippen molar-refractivity contribution in [3.8, 4) is 5.75 Å². The fraction of sp³-hybridized carbons (Fsp3) is 0.0500. The Balaban J connectivity index is 1.69. The molecule has 7 nitrogen and oxygen atoms in total. The Bertz CT molecular complexity index is 983. The Morgan fingerprint density at radius 2 is 1.81 bits per heavy atom. The highest BCUT2D eigenvalue weighted by molar-refractivity contribution is 5.94. The predicted molar refractivity (Wildman–Crippen MR) is 103 cm³/mol. The van der Waals surface area contributed by atoms with Crippen LogP contribution in [0.25, 0.3) is 0 Å². The Morgan fingerprint density at radius 3 is 2.56 bits per heavy atom. The molecule has 0 saturated carbocycles. The summed E-state index contributed by atoms with van der Waals surface area (Å²) >= 11 is 0. The van der Waals surface area contributed by atoms with Crippen LogP contribution >= 0.6 is 0 Å². The topological polar surface area (TPSA) is 99.3 Å². The molecule has 134 valence electrons. The van der Waals surface area contributed by atoms with E-state index in [2.05, 4.69) is 25.7 Å². The number of aryl methyl sites for hydroxylation is 1. The van der Waals surface area contributed by atoms with Crippen molar-refractivity contribution in [2.75, 3.05) is 0 Å². The molecular weight excluding hydrogens is 342 g/mol. The number of aromatic hydroxyl groups is 1. The zero-order valence-corrected chi connectivity index (χ0v) is 14.6. The molecule has 1 amide bonds. The van der Waals surface area contributed by atoms with Crippen LogP contribution in [0.2, 0.25) is 0 Å². The van der Waals surface area contributed by atoms with Crippen molar-refractivity contribution in [1.82, 2.24) is 10.4 Å². The Morgan fingerprint density at radius 1 is 1.04 bits per heavy atom. The van der Waals surface area contributed by atoms with E-state index in [0.717, 1.165) is 11.4 Å². The van der Waals surface area contributed by atoms with E-state index in [1.807, 2.05) is 37.3 Å². The number of hydrogen-bond acceptors (Lipinski definition) is 6. The summed E-state index contributed by atoms with van der Waals surface area (Å²) in [6.45, 7) is 1.84. The fourth-order valence-corrected chi connectivity index (χ4v) is 2.14. The van der Waals surface area contributed by atoms with E-state index in [4.69, 9.17) is 0 Å². The number of aromatic nitrogens is 1. The molecule has 0 unspecified atom stereocenters. The van der Waals surface area contributed by atoms with Crippen LogP contribution in [0.1, 0.15) is 21.6 Å². The first kappa shape index (κ1) is 17.9. The standard InChI is InChI=1S/C20H17N5O2/c1-14-7-8-15(12-21-14)20(27)25-22-13-16-11-18(9-10-19(16)26)24-23-17-5-3-2-4-6-17/h2-13,26H,1H3,(H,25,27)/b22-13+,24-23?. The van der Waals surface area contributed by atoms with Gasteiger partial charge in [0.15, 0.2) is 0 Å². The lowest BCUT2D eigenvalue weighted by Crippen LogP contribution is -2.17. The first-order valence-corrected chi connectivity index (χ1v) is 8.18. The van der Waals surface area contributed by atoms with Gasteiger partial charge in [-0.05, 0) is 49.4 Å². The number of phenols is 1. The van der Waals surface area contributed by atoms with E-state index in [-0.39, 0.29) is 5.75 Å². The molecule has 3 aromatic rings. The maximum absolute atomic E-state index is 12.0. The summed E-state index contributed by atoms with van der Waals surface area (Å²) in [5.74, 6) is -0.373. The van der Waals surface area contributed by atoms with Gasteiger partial charge in [-0.1, -0.05) is 18.2 Å². The molecule has 1 aromatic heterocycles. The van der Waals surface area contributed by atoms with Crippen LogP contribution in [0.15, 0.2) is 82.2 Å². The van der Waals surface area contributed by atoms with Crippen LogP contribution in [-0.4, -0.2) is 22.2 Å². The number of benzene rings is 2. The number of carbonyl (C=O) groups excluding carboxylic acids is 1. The third kappa shape index (κ3) is 5.05. The average molecular weight is 359 g/mol. The molecule has 1 heterocycles. The molecule has 0 spiro atoms. The van der Waals surface area contributed by atoms with Gasteiger partial charge in [-0.25, -0.2) is 5.43 Å². The summed E-state index contributed by atoms with van der Waals surface area (Å²) in [7, 11) is 0. The van der Waals surface area contributed by atoms with Crippen LogP contribution < -0.4 is 5.43 Å². The first-order chi connectivity index (χ1) is 13.1.